The fourth-order valence-corrected chi connectivity index (χ4v) is 2.07. The predicted octanol–water partition coefficient (Wildman–Crippen LogP) is 2.07. The fourth-order valence-electron chi connectivity index (χ4n) is 2.07. The summed E-state index contributed by atoms with van der Waals surface area (Å²) in [6, 6.07) is 7.21. The van der Waals surface area contributed by atoms with Crippen molar-refractivity contribution in [3.8, 4) is 0 Å². The van der Waals surface area contributed by atoms with E-state index in [2.05, 4.69) is 12.2 Å². The molecule has 0 atom stereocenters. The van der Waals surface area contributed by atoms with E-state index in [0.717, 1.165) is 12.8 Å². The number of aromatic nitrogens is 1. The smallest absolute Gasteiger partial charge is 0.258 e. The Kier molecular flexibility index (Phi) is 4.00. The summed E-state index contributed by atoms with van der Waals surface area (Å²) in [6.45, 7) is 2.74. The molecule has 0 aliphatic heterocycles. The molecule has 0 spiro atoms. The van der Waals surface area contributed by atoms with Crippen LogP contribution in [-0.2, 0) is 7.05 Å². The lowest BCUT2D eigenvalue weighted by Crippen LogP contribution is -2.27. The number of amides is 1. The minimum atomic E-state index is -0.125. The number of aryl methyl sites for hydroxylation is 1. The highest BCUT2D eigenvalue weighted by molar-refractivity contribution is 6.06. The summed E-state index contributed by atoms with van der Waals surface area (Å²) >= 11 is 0. The van der Waals surface area contributed by atoms with E-state index in [1.807, 2.05) is 18.2 Å². The molecule has 1 N–H and O–H groups in total. The van der Waals surface area contributed by atoms with Gasteiger partial charge in [0.05, 0.1) is 5.56 Å². The number of hydrogen-bond acceptors (Lipinski definition) is 2. The van der Waals surface area contributed by atoms with Crippen LogP contribution in [0.25, 0.3) is 10.8 Å². The first-order valence-corrected chi connectivity index (χ1v) is 6.51. The Labute approximate surface area is 112 Å². The molecule has 4 heteroatoms. The average Bonchev–Trinajstić information content (AvgIpc) is 2.43. The summed E-state index contributed by atoms with van der Waals surface area (Å²) < 4.78 is 1.46. The third kappa shape index (κ3) is 2.67. The highest BCUT2D eigenvalue weighted by Crippen LogP contribution is 2.14. The van der Waals surface area contributed by atoms with E-state index in [1.165, 1.54) is 4.57 Å². The zero-order valence-corrected chi connectivity index (χ0v) is 11.3. The predicted molar refractivity (Wildman–Crippen MR) is 76.4 cm³/mol. The van der Waals surface area contributed by atoms with Gasteiger partial charge in [-0.05, 0) is 12.5 Å². The quantitative estimate of drug-likeness (QED) is 0.853. The Morgan fingerprint density at radius 2 is 1.95 bits per heavy atom. The molecule has 1 amide bonds. The maximum atomic E-state index is 12.2. The first-order valence-electron chi connectivity index (χ1n) is 6.51. The lowest BCUT2D eigenvalue weighted by atomic mass is 10.1. The molecule has 0 aliphatic carbocycles. The van der Waals surface area contributed by atoms with E-state index in [4.69, 9.17) is 0 Å². The molecule has 0 radical (unpaired) electrons. The number of nitrogens with one attached hydrogen (secondary N) is 1. The Hall–Kier alpha value is -2.10. The van der Waals surface area contributed by atoms with Crippen LogP contribution in [0.3, 0.4) is 0 Å². The zero-order valence-electron chi connectivity index (χ0n) is 11.3. The molecule has 19 heavy (non-hydrogen) atoms. The van der Waals surface area contributed by atoms with Gasteiger partial charge in [0, 0.05) is 30.6 Å². The molecule has 2 rings (SSSR count). The molecule has 4 nitrogen and oxygen atoms in total. The zero-order chi connectivity index (χ0) is 13.8. The molecule has 1 aromatic carbocycles. The molecule has 0 saturated carbocycles. The Morgan fingerprint density at radius 1 is 1.26 bits per heavy atom. The second-order valence-electron chi connectivity index (χ2n) is 4.61. The second kappa shape index (κ2) is 5.69. The Balaban J connectivity index is 2.46. The lowest BCUT2D eigenvalue weighted by Gasteiger charge is -2.09. The van der Waals surface area contributed by atoms with Crippen LogP contribution in [0.1, 0.15) is 30.1 Å². The van der Waals surface area contributed by atoms with Crippen LogP contribution in [0.4, 0.5) is 0 Å². The highest BCUT2D eigenvalue weighted by Gasteiger charge is 2.12. The maximum Gasteiger partial charge on any atom is 0.258 e. The summed E-state index contributed by atoms with van der Waals surface area (Å²) in [7, 11) is 1.66. The molecule has 100 valence electrons. The van der Waals surface area contributed by atoms with Crippen molar-refractivity contribution in [2.24, 2.45) is 7.05 Å². The van der Waals surface area contributed by atoms with Crippen molar-refractivity contribution in [2.75, 3.05) is 6.54 Å². The molecule has 1 aromatic heterocycles. The van der Waals surface area contributed by atoms with Gasteiger partial charge in [0.1, 0.15) is 0 Å². The Bertz CT molecular complexity index is 659. The van der Waals surface area contributed by atoms with Crippen LogP contribution in [0.15, 0.2) is 35.3 Å². The number of carbonyl (C=O) groups excluding carboxylic acids is 1. The number of benzene rings is 1. The average molecular weight is 258 g/mol. The number of carbonyl (C=O) groups is 1. The van der Waals surface area contributed by atoms with Gasteiger partial charge in [0.25, 0.3) is 11.5 Å². The minimum absolute atomic E-state index is 0.0827. The van der Waals surface area contributed by atoms with Gasteiger partial charge in [-0.2, -0.15) is 0 Å². The summed E-state index contributed by atoms with van der Waals surface area (Å²) in [6.07, 6.45) is 3.59. The van der Waals surface area contributed by atoms with Crippen LogP contribution < -0.4 is 10.9 Å². The fraction of sp³-hybridized carbons (Fsp3) is 0.333. The van der Waals surface area contributed by atoms with Gasteiger partial charge in [0.2, 0.25) is 0 Å². The lowest BCUT2D eigenvalue weighted by molar-refractivity contribution is 0.0954. The van der Waals surface area contributed by atoms with E-state index in [-0.39, 0.29) is 11.5 Å². The summed E-state index contributed by atoms with van der Waals surface area (Å²) in [5, 5.41) is 4.17. The number of hydrogen-bond donors (Lipinski definition) is 1. The topological polar surface area (TPSA) is 51.1 Å². The SMILES string of the molecule is CCCCNC(=O)c1cn(C)c(=O)c2ccccc12. The first kappa shape index (κ1) is 13.3. The number of nitrogens with zero attached hydrogens (tertiary/aromatic N) is 1. The van der Waals surface area contributed by atoms with E-state index in [9.17, 15) is 9.59 Å². The van der Waals surface area contributed by atoms with Crippen molar-refractivity contribution < 1.29 is 4.79 Å². The minimum Gasteiger partial charge on any atom is -0.352 e. The Morgan fingerprint density at radius 3 is 2.63 bits per heavy atom. The molecular formula is C15H18N2O2. The summed E-state index contributed by atoms with van der Waals surface area (Å²) in [4.78, 5) is 24.2. The van der Waals surface area contributed by atoms with Crippen molar-refractivity contribution in [3.63, 3.8) is 0 Å². The van der Waals surface area contributed by atoms with Crippen LogP contribution in [0.2, 0.25) is 0 Å². The standard InChI is InChI=1S/C15H18N2O2/c1-3-4-9-16-14(18)13-10-17(2)15(19)12-8-6-5-7-11(12)13/h5-8,10H,3-4,9H2,1-2H3,(H,16,18). The molecule has 1 heterocycles. The third-order valence-electron chi connectivity index (χ3n) is 3.15. The van der Waals surface area contributed by atoms with Gasteiger partial charge in [-0.3, -0.25) is 9.59 Å². The van der Waals surface area contributed by atoms with Crippen molar-refractivity contribution in [1.29, 1.82) is 0 Å². The highest BCUT2D eigenvalue weighted by atomic mass is 16.2. The number of unbranched alkanes of at least 4 members (excludes halogenated alkanes) is 1. The number of rotatable bonds is 4. The summed E-state index contributed by atoms with van der Waals surface area (Å²) in [5.41, 5.74) is 0.467. The van der Waals surface area contributed by atoms with Gasteiger partial charge in [-0.15, -0.1) is 0 Å². The summed E-state index contributed by atoms with van der Waals surface area (Å²) in [5.74, 6) is -0.125. The van der Waals surface area contributed by atoms with E-state index < -0.39 is 0 Å². The van der Waals surface area contributed by atoms with Crippen molar-refractivity contribution in [1.82, 2.24) is 9.88 Å². The van der Waals surface area contributed by atoms with E-state index in [1.54, 1.807) is 19.3 Å². The van der Waals surface area contributed by atoms with E-state index >= 15 is 0 Å². The van der Waals surface area contributed by atoms with Gasteiger partial charge in [0.15, 0.2) is 0 Å². The van der Waals surface area contributed by atoms with Crippen molar-refractivity contribution in [2.45, 2.75) is 19.8 Å². The molecular weight excluding hydrogens is 240 g/mol. The monoisotopic (exact) mass is 258 g/mol. The molecule has 0 bridgehead atoms. The van der Waals surface area contributed by atoms with Crippen LogP contribution in [0, 0.1) is 0 Å². The van der Waals surface area contributed by atoms with E-state index in [0.29, 0.717) is 22.9 Å². The maximum absolute atomic E-state index is 12.2. The molecule has 0 fully saturated rings. The van der Waals surface area contributed by atoms with Gasteiger partial charge in [-0.25, -0.2) is 0 Å². The van der Waals surface area contributed by atoms with Crippen LogP contribution >= 0.6 is 0 Å². The van der Waals surface area contributed by atoms with Gasteiger partial charge >= 0.3 is 0 Å². The first-order chi connectivity index (χ1) is 9.15. The van der Waals surface area contributed by atoms with Crippen molar-refractivity contribution >= 4 is 16.7 Å². The van der Waals surface area contributed by atoms with Gasteiger partial charge < -0.3 is 9.88 Å². The van der Waals surface area contributed by atoms with Crippen LogP contribution in [-0.4, -0.2) is 17.0 Å². The van der Waals surface area contributed by atoms with Crippen LogP contribution in [0.5, 0.6) is 0 Å². The van der Waals surface area contributed by atoms with Crippen molar-refractivity contribution in [3.05, 3.63) is 46.4 Å². The third-order valence-corrected chi connectivity index (χ3v) is 3.15. The second-order valence-corrected chi connectivity index (χ2v) is 4.61. The number of pyridine rings is 1. The molecule has 0 saturated heterocycles. The molecule has 2 aromatic rings. The molecule has 0 aliphatic rings. The molecule has 0 unspecified atom stereocenters. The number of fused-ring (bicyclic) bond motifs is 1. The largest absolute Gasteiger partial charge is 0.352 e. The van der Waals surface area contributed by atoms with Gasteiger partial charge in [-0.1, -0.05) is 31.5 Å². The normalized spacial score (nSPS) is 10.6.